The molecule has 0 unspecified atom stereocenters. The van der Waals surface area contributed by atoms with Gasteiger partial charge in [0.2, 0.25) is 5.91 Å². The first-order valence-electron chi connectivity index (χ1n) is 8.01. The van der Waals surface area contributed by atoms with E-state index in [-0.39, 0.29) is 18.0 Å². The van der Waals surface area contributed by atoms with Crippen molar-refractivity contribution in [1.29, 1.82) is 0 Å². The number of carbonyl (C=O) groups is 1. The highest BCUT2D eigenvalue weighted by Crippen LogP contribution is 2.14. The Bertz CT molecular complexity index is 427. The molecule has 1 aliphatic rings. The summed E-state index contributed by atoms with van der Waals surface area (Å²) in [4.78, 5) is 14.4. The summed E-state index contributed by atoms with van der Waals surface area (Å²) in [5.41, 5.74) is 7.20. The van der Waals surface area contributed by atoms with Crippen LogP contribution < -0.4 is 11.1 Å². The first-order valence-corrected chi connectivity index (χ1v) is 8.01. The predicted octanol–water partition coefficient (Wildman–Crippen LogP) is 1.89. The maximum absolute atomic E-state index is 11.9. The molecule has 2 rings (SSSR count). The van der Waals surface area contributed by atoms with Gasteiger partial charge < -0.3 is 11.1 Å². The lowest BCUT2D eigenvalue weighted by atomic mass is 10.0. The number of rotatable bonds is 6. The number of amides is 1. The molecule has 0 radical (unpaired) electrons. The minimum Gasteiger partial charge on any atom is -0.352 e. The van der Waals surface area contributed by atoms with Crippen molar-refractivity contribution in [2.45, 2.75) is 51.2 Å². The molecular formula is C17H27N3O. The number of likely N-dealkylation sites (tertiary alicyclic amines) is 1. The maximum Gasteiger partial charge on any atom is 0.237 e. The standard InChI is InChI=1S/C17H27N3O/c1-2-6-16(18)17(21)19-15-9-11-20(12-10-15)13-14-7-4-3-5-8-14/h3-5,7-8,15-16H,2,6,9-13,18H2,1H3,(H,19,21)/t16-/m0/s1. The second-order valence-corrected chi connectivity index (χ2v) is 5.94. The van der Waals surface area contributed by atoms with Crippen LogP contribution in [-0.4, -0.2) is 36.0 Å². The lowest BCUT2D eigenvalue weighted by Gasteiger charge is -2.32. The second-order valence-electron chi connectivity index (χ2n) is 5.94. The predicted molar refractivity (Wildman–Crippen MR) is 85.8 cm³/mol. The van der Waals surface area contributed by atoms with Crippen molar-refractivity contribution < 1.29 is 4.79 Å². The van der Waals surface area contributed by atoms with E-state index in [1.54, 1.807) is 0 Å². The number of carbonyl (C=O) groups excluding carboxylic acids is 1. The number of piperidine rings is 1. The molecule has 1 atom stereocenters. The van der Waals surface area contributed by atoms with Crippen LogP contribution in [0.15, 0.2) is 30.3 Å². The highest BCUT2D eigenvalue weighted by atomic mass is 16.2. The van der Waals surface area contributed by atoms with Gasteiger partial charge in [-0.15, -0.1) is 0 Å². The summed E-state index contributed by atoms with van der Waals surface area (Å²) < 4.78 is 0. The van der Waals surface area contributed by atoms with Gasteiger partial charge in [0.05, 0.1) is 6.04 Å². The summed E-state index contributed by atoms with van der Waals surface area (Å²) in [6.45, 7) is 5.11. The van der Waals surface area contributed by atoms with Crippen LogP contribution >= 0.6 is 0 Å². The van der Waals surface area contributed by atoms with E-state index in [0.717, 1.165) is 45.3 Å². The monoisotopic (exact) mass is 289 g/mol. The van der Waals surface area contributed by atoms with Crippen LogP contribution in [0.3, 0.4) is 0 Å². The quantitative estimate of drug-likeness (QED) is 0.841. The second kappa shape index (κ2) is 8.15. The molecular weight excluding hydrogens is 262 g/mol. The molecule has 1 aromatic rings. The van der Waals surface area contributed by atoms with Crippen LogP contribution in [0, 0.1) is 0 Å². The topological polar surface area (TPSA) is 58.4 Å². The largest absolute Gasteiger partial charge is 0.352 e. The van der Waals surface area contributed by atoms with Crippen LogP contribution in [0.1, 0.15) is 38.2 Å². The number of hydrogen-bond donors (Lipinski definition) is 2. The van der Waals surface area contributed by atoms with Gasteiger partial charge in [-0.1, -0.05) is 43.7 Å². The van der Waals surface area contributed by atoms with Gasteiger partial charge in [-0.05, 0) is 24.8 Å². The van der Waals surface area contributed by atoms with Crippen molar-refractivity contribution >= 4 is 5.91 Å². The highest BCUT2D eigenvalue weighted by Gasteiger charge is 2.22. The molecule has 116 valence electrons. The first kappa shape index (κ1) is 16.0. The molecule has 21 heavy (non-hydrogen) atoms. The van der Waals surface area contributed by atoms with Crippen molar-refractivity contribution in [2.75, 3.05) is 13.1 Å². The summed E-state index contributed by atoms with van der Waals surface area (Å²) in [6, 6.07) is 10.5. The van der Waals surface area contributed by atoms with Gasteiger partial charge in [0.1, 0.15) is 0 Å². The summed E-state index contributed by atoms with van der Waals surface area (Å²) in [6.07, 6.45) is 3.73. The molecule has 1 fully saturated rings. The zero-order chi connectivity index (χ0) is 15.1. The van der Waals surface area contributed by atoms with E-state index in [1.807, 2.05) is 6.07 Å². The fraction of sp³-hybridized carbons (Fsp3) is 0.588. The molecule has 0 saturated carbocycles. The van der Waals surface area contributed by atoms with Crippen LogP contribution in [-0.2, 0) is 11.3 Å². The number of benzene rings is 1. The van der Waals surface area contributed by atoms with Gasteiger partial charge in [-0.25, -0.2) is 0 Å². The zero-order valence-corrected chi connectivity index (χ0v) is 12.9. The molecule has 3 N–H and O–H groups in total. The molecule has 0 spiro atoms. The van der Waals surface area contributed by atoms with E-state index < -0.39 is 0 Å². The number of hydrogen-bond acceptors (Lipinski definition) is 3. The van der Waals surface area contributed by atoms with Crippen molar-refractivity contribution in [3.05, 3.63) is 35.9 Å². The Balaban J connectivity index is 1.72. The third-order valence-electron chi connectivity index (χ3n) is 4.12. The minimum atomic E-state index is -0.350. The van der Waals surface area contributed by atoms with E-state index in [1.165, 1.54) is 5.56 Å². The van der Waals surface area contributed by atoms with Crippen molar-refractivity contribution in [1.82, 2.24) is 10.2 Å². The Morgan fingerprint density at radius 3 is 2.62 bits per heavy atom. The Labute approximate surface area is 127 Å². The molecule has 0 aromatic heterocycles. The maximum atomic E-state index is 11.9. The third-order valence-corrected chi connectivity index (χ3v) is 4.12. The SMILES string of the molecule is CCC[C@H](N)C(=O)NC1CCN(Cc2ccccc2)CC1. The Hall–Kier alpha value is -1.39. The molecule has 0 aliphatic carbocycles. The Morgan fingerprint density at radius 1 is 1.33 bits per heavy atom. The van der Waals surface area contributed by atoms with Crippen LogP contribution in [0.4, 0.5) is 0 Å². The summed E-state index contributed by atoms with van der Waals surface area (Å²) in [5, 5.41) is 3.10. The van der Waals surface area contributed by atoms with Crippen molar-refractivity contribution in [2.24, 2.45) is 5.73 Å². The average Bonchev–Trinajstić information content (AvgIpc) is 2.50. The normalized spacial score (nSPS) is 18.4. The van der Waals surface area contributed by atoms with E-state index in [4.69, 9.17) is 5.73 Å². The van der Waals surface area contributed by atoms with Gasteiger partial charge >= 0.3 is 0 Å². The minimum absolute atomic E-state index is 0.0124. The highest BCUT2D eigenvalue weighted by molar-refractivity contribution is 5.81. The van der Waals surface area contributed by atoms with Crippen molar-refractivity contribution in [3.8, 4) is 0 Å². The third kappa shape index (κ3) is 5.14. The molecule has 4 nitrogen and oxygen atoms in total. The van der Waals surface area contributed by atoms with Gasteiger partial charge in [0.25, 0.3) is 0 Å². The van der Waals surface area contributed by atoms with Crippen molar-refractivity contribution in [3.63, 3.8) is 0 Å². The average molecular weight is 289 g/mol. The van der Waals surface area contributed by atoms with Gasteiger partial charge in [-0.2, -0.15) is 0 Å². The van der Waals surface area contributed by atoms with Gasteiger partial charge in [0.15, 0.2) is 0 Å². The summed E-state index contributed by atoms with van der Waals surface area (Å²) >= 11 is 0. The first-order chi connectivity index (χ1) is 10.2. The molecule has 4 heteroatoms. The smallest absolute Gasteiger partial charge is 0.237 e. The molecule has 1 heterocycles. The Kier molecular flexibility index (Phi) is 6.21. The van der Waals surface area contributed by atoms with Gasteiger partial charge in [-0.3, -0.25) is 9.69 Å². The summed E-state index contributed by atoms with van der Waals surface area (Å²) in [7, 11) is 0. The van der Waals surface area contributed by atoms with E-state index in [2.05, 4.69) is 41.4 Å². The number of nitrogens with two attached hydrogens (primary N) is 1. The molecule has 1 aliphatic heterocycles. The van der Waals surface area contributed by atoms with Crippen LogP contribution in [0.2, 0.25) is 0 Å². The molecule has 1 saturated heterocycles. The summed E-state index contributed by atoms with van der Waals surface area (Å²) in [5.74, 6) is 0.0124. The molecule has 1 amide bonds. The Morgan fingerprint density at radius 2 is 2.00 bits per heavy atom. The fourth-order valence-electron chi connectivity index (χ4n) is 2.83. The van der Waals surface area contributed by atoms with E-state index >= 15 is 0 Å². The van der Waals surface area contributed by atoms with Gasteiger partial charge in [0, 0.05) is 25.7 Å². The zero-order valence-electron chi connectivity index (χ0n) is 12.9. The molecule has 0 bridgehead atoms. The lowest BCUT2D eigenvalue weighted by molar-refractivity contribution is -0.123. The molecule has 1 aromatic carbocycles. The van der Waals surface area contributed by atoms with E-state index in [9.17, 15) is 4.79 Å². The lowest BCUT2D eigenvalue weighted by Crippen LogP contribution is -2.49. The fourth-order valence-corrected chi connectivity index (χ4v) is 2.83. The van der Waals surface area contributed by atoms with Crippen LogP contribution in [0.25, 0.3) is 0 Å². The number of nitrogens with one attached hydrogen (secondary N) is 1. The number of nitrogens with zero attached hydrogens (tertiary/aromatic N) is 1. The van der Waals surface area contributed by atoms with E-state index in [0.29, 0.717) is 0 Å². The van der Waals surface area contributed by atoms with Crippen LogP contribution in [0.5, 0.6) is 0 Å².